The van der Waals surface area contributed by atoms with E-state index >= 15 is 0 Å². The van der Waals surface area contributed by atoms with Crippen LogP contribution in [0.25, 0.3) is 0 Å². The van der Waals surface area contributed by atoms with Gasteiger partial charge in [0.15, 0.2) is 0 Å². The fourth-order valence-corrected chi connectivity index (χ4v) is 1.46. The second-order valence-electron chi connectivity index (χ2n) is 3.89. The first-order chi connectivity index (χ1) is 7.13. The molecule has 15 heavy (non-hydrogen) atoms. The standard InChI is InChI=1S/C12H18FNO/c1-3-4-9(2)8-15-12-6-5-10(13)7-11(12)14/h5-7,9H,3-4,8,14H2,1-2H3. The highest BCUT2D eigenvalue weighted by atomic mass is 19.1. The van der Waals surface area contributed by atoms with Gasteiger partial charge in [0.25, 0.3) is 0 Å². The first-order valence-corrected chi connectivity index (χ1v) is 5.31. The number of benzene rings is 1. The van der Waals surface area contributed by atoms with Gasteiger partial charge in [0.1, 0.15) is 11.6 Å². The molecule has 2 nitrogen and oxygen atoms in total. The predicted molar refractivity (Wildman–Crippen MR) is 60.4 cm³/mol. The zero-order chi connectivity index (χ0) is 11.3. The number of anilines is 1. The van der Waals surface area contributed by atoms with Crippen LogP contribution in [-0.4, -0.2) is 6.61 Å². The summed E-state index contributed by atoms with van der Waals surface area (Å²) in [6, 6.07) is 4.21. The van der Waals surface area contributed by atoms with E-state index in [-0.39, 0.29) is 5.82 Å². The van der Waals surface area contributed by atoms with E-state index in [1.54, 1.807) is 6.07 Å². The number of ether oxygens (including phenoxy) is 1. The molecule has 0 saturated carbocycles. The van der Waals surface area contributed by atoms with Crippen molar-refractivity contribution in [1.82, 2.24) is 0 Å². The maximum atomic E-state index is 12.7. The van der Waals surface area contributed by atoms with Gasteiger partial charge in [-0.2, -0.15) is 0 Å². The second kappa shape index (κ2) is 5.59. The molecule has 3 heteroatoms. The highest BCUT2D eigenvalue weighted by Gasteiger charge is 2.05. The van der Waals surface area contributed by atoms with Crippen molar-refractivity contribution >= 4 is 5.69 Å². The molecule has 2 N–H and O–H groups in total. The lowest BCUT2D eigenvalue weighted by atomic mass is 10.1. The lowest BCUT2D eigenvalue weighted by molar-refractivity contribution is 0.252. The minimum atomic E-state index is -0.332. The molecule has 0 aromatic heterocycles. The zero-order valence-electron chi connectivity index (χ0n) is 9.29. The molecule has 0 aliphatic carbocycles. The van der Waals surface area contributed by atoms with E-state index in [1.807, 2.05) is 0 Å². The van der Waals surface area contributed by atoms with Gasteiger partial charge in [0, 0.05) is 6.07 Å². The average molecular weight is 211 g/mol. The van der Waals surface area contributed by atoms with Crippen molar-refractivity contribution in [2.24, 2.45) is 5.92 Å². The number of nitrogens with two attached hydrogens (primary N) is 1. The van der Waals surface area contributed by atoms with Crippen LogP contribution in [0.4, 0.5) is 10.1 Å². The van der Waals surface area contributed by atoms with Crippen LogP contribution in [0.1, 0.15) is 26.7 Å². The Morgan fingerprint density at radius 1 is 1.47 bits per heavy atom. The lowest BCUT2D eigenvalue weighted by Gasteiger charge is -2.13. The molecule has 0 radical (unpaired) electrons. The van der Waals surface area contributed by atoms with E-state index in [2.05, 4.69) is 13.8 Å². The summed E-state index contributed by atoms with van der Waals surface area (Å²) in [4.78, 5) is 0. The number of nitrogen functional groups attached to an aromatic ring is 1. The van der Waals surface area contributed by atoms with Crippen molar-refractivity contribution < 1.29 is 9.13 Å². The molecule has 0 aliphatic rings. The first kappa shape index (κ1) is 11.8. The Kier molecular flexibility index (Phi) is 4.40. The average Bonchev–Trinajstić information content (AvgIpc) is 2.17. The molecule has 84 valence electrons. The summed E-state index contributed by atoms with van der Waals surface area (Å²) >= 11 is 0. The molecule has 1 rings (SSSR count). The maximum Gasteiger partial charge on any atom is 0.142 e. The van der Waals surface area contributed by atoms with E-state index < -0.39 is 0 Å². The summed E-state index contributed by atoms with van der Waals surface area (Å²) < 4.78 is 18.2. The molecule has 1 aromatic rings. The summed E-state index contributed by atoms with van der Waals surface area (Å²) in [5, 5.41) is 0. The molecule has 0 heterocycles. The van der Waals surface area contributed by atoms with Gasteiger partial charge in [-0.3, -0.25) is 0 Å². The Bertz CT molecular complexity index is 314. The predicted octanol–water partition coefficient (Wildman–Crippen LogP) is 3.22. The number of halogens is 1. The largest absolute Gasteiger partial charge is 0.491 e. The highest BCUT2D eigenvalue weighted by molar-refractivity contribution is 5.52. The van der Waals surface area contributed by atoms with E-state index in [9.17, 15) is 4.39 Å². The van der Waals surface area contributed by atoms with Crippen molar-refractivity contribution in [3.63, 3.8) is 0 Å². The first-order valence-electron chi connectivity index (χ1n) is 5.31. The molecule has 0 saturated heterocycles. The smallest absolute Gasteiger partial charge is 0.142 e. The van der Waals surface area contributed by atoms with Crippen molar-refractivity contribution in [3.8, 4) is 5.75 Å². The van der Waals surface area contributed by atoms with Crippen LogP contribution in [-0.2, 0) is 0 Å². The zero-order valence-corrected chi connectivity index (χ0v) is 9.29. The molecule has 0 fully saturated rings. The minimum Gasteiger partial charge on any atom is -0.491 e. The third-order valence-corrected chi connectivity index (χ3v) is 2.28. The van der Waals surface area contributed by atoms with Crippen molar-refractivity contribution in [3.05, 3.63) is 24.0 Å². The fraction of sp³-hybridized carbons (Fsp3) is 0.500. The molecule has 0 aliphatic heterocycles. The van der Waals surface area contributed by atoms with Crippen LogP contribution in [0, 0.1) is 11.7 Å². The van der Waals surface area contributed by atoms with E-state index in [1.165, 1.54) is 12.1 Å². The van der Waals surface area contributed by atoms with Gasteiger partial charge in [-0.15, -0.1) is 0 Å². The third-order valence-electron chi connectivity index (χ3n) is 2.28. The quantitative estimate of drug-likeness (QED) is 0.759. The topological polar surface area (TPSA) is 35.2 Å². The van der Waals surface area contributed by atoms with E-state index in [4.69, 9.17) is 10.5 Å². The van der Waals surface area contributed by atoms with Gasteiger partial charge < -0.3 is 10.5 Å². The van der Waals surface area contributed by atoms with Crippen LogP contribution in [0.2, 0.25) is 0 Å². The lowest BCUT2D eigenvalue weighted by Crippen LogP contribution is -2.09. The van der Waals surface area contributed by atoms with Gasteiger partial charge in [-0.25, -0.2) is 4.39 Å². The van der Waals surface area contributed by atoms with Crippen molar-refractivity contribution in [1.29, 1.82) is 0 Å². The Balaban J connectivity index is 2.50. The summed E-state index contributed by atoms with van der Waals surface area (Å²) in [6.07, 6.45) is 2.27. The molecule has 0 bridgehead atoms. The molecular formula is C12H18FNO. The van der Waals surface area contributed by atoms with Crippen LogP contribution >= 0.6 is 0 Å². The Morgan fingerprint density at radius 2 is 2.20 bits per heavy atom. The molecule has 1 aromatic carbocycles. The molecular weight excluding hydrogens is 193 g/mol. The van der Waals surface area contributed by atoms with E-state index in [0.717, 1.165) is 12.8 Å². The van der Waals surface area contributed by atoms with Crippen LogP contribution in [0.3, 0.4) is 0 Å². The van der Waals surface area contributed by atoms with Gasteiger partial charge in [-0.05, 0) is 24.5 Å². The SMILES string of the molecule is CCCC(C)COc1ccc(F)cc1N. The van der Waals surface area contributed by atoms with Gasteiger partial charge in [0.05, 0.1) is 12.3 Å². The maximum absolute atomic E-state index is 12.7. The summed E-state index contributed by atoms with van der Waals surface area (Å²) in [7, 11) is 0. The second-order valence-corrected chi connectivity index (χ2v) is 3.89. The highest BCUT2D eigenvalue weighted by Crippen LogP contribution is 2.22. The van der Waals surface area contributed by atoms with Gasteiger partial charge >= 0.3 is 0 Å². The molecule has 1 atom stereocenters. The third kappa shape index (κ3) is 3.78. The summed E-state index contributed by atoms with van der Waals surface area (Å²) in [5.74, 6) is 0.736. The Morgan fingerprint density at radius 3 is 2.80 bits per heavy atom. The normalized spacial score (nSPS) is 12.5. The number of rotatable bonds is 5. The van der Waals surface area contributed by atoms with Crippen molar-refractivity contribution in [2.75, 3.05) is 12.3 Å². The van der Waals surface area contributed by atoms with Crippen molar-refractivity contribution in [2.45, 2.75) is 26.7 Å². The van der Waals surface area contributed by atoms with Gasteiger partial charge in [0.2, 0.25) is 0 Å². The fourth-order valence-electron chi connectivity index (χ4n) is 1.46. The summed E-state index contributed by atoms with van der Waals surface area (Å²) in [5.41, 5.74) is 5.98. The number of hydrogen-bond acceptors (Lipinski definition) is 2. The Hall–Kier alpha value is -1.25. The molecule has 0 amide bonds. The van der Waals surface area contributed by atoms with E-state index in [0.29, 0.717) is 24.0 Å². The monoisotopic (exact) mass is 211 g/mol. The molecule has 0 spiro atoms. The Labute approximate surface area is 90.2 Å². The van der Waals surface area contributed by atoms with Crippen LogP contribution in [0.15, 0.2) is 18.2 Å². The van der Waals surface area contributed by atoms with Crippen LogP contribution in [0.5, 0.6) is 5.75 Å². The summed E-state index contributed by atoms with van der Waals surface area (Å²) in [6.45, 7) is 4.90. The number of hydrogen-bond donors (Lipinski definition) is 1. The minimum absolute atomic E-state index is 0.332. The molecule has 1 unspecified atom stereocenters. The van der Waals surface area contributed by atoms with Gasteiger partial charge in [-0.1, -0.05) is 20.3 Å². The van der Waals surface area contributed by atoms with Crippen LogP contribution < -0.4 is 10.5 Å².